The molecular formula is C28H20N2O6. The average molecular weight is 480 g/mol. The van der Waals surface area contributed by atoms with Gasteiger partial charge in [0.15, 0.2) is 5.76 Å². The van der Waals surface area contributed by atoms with E-state index in [1.165, 1.54) is 13.4 Å². The second-order valence-electron chi connectivity index (χ2n) is 7.87. The monoisotopic (exact) mass is 480 g/mol. The van der Waals surface area contributed by atoms with Gasteiger partial charge in [-0.15, -0.1) is 0 Å². The largest absolute Gasteiger partial charge is 0.495 e. The van der Waals surface area contributed by atoms with Gasteiger partial charge in [-0.05, 0) is 60.2 Å². The van der Waals surface area contributed by atoms with Gasteiger partial charge in [-0.1, -0.05) is 30.3 Å². The molecule has 178 valence electrons. The van der Waals surface area contributed by atoms with Crippen LogP contribution in [-0.2, 0) is 0 Å². The zero-order valence-corrected chi connectivity index (χ0v) is 19.1. The van der Waals surface area contributed by atoms with E-state index in [2.05, 4.69) is 10.6 Å². The molecule has 0 atom stereocenters. The van der Waals surface area contributed by atoms with Crippen LogP contribution in [0.25, 0.3) is 22.1 Å². The van der Waals surface area contributed by atoms with Crippen molar-refractivity contribution in [1.29, 1.82) is 0 Å². The fourth-order valence-corrected chi connectivity index (χ4v) is 3.77. The molecule has 3 aromatic carbocycles. The molecule has 0 saturated heterocycles. The number of carbonyl (C=O) groups excluding carboxylic acids is 2. The molecule has 2 N–H and O–H groups in total. The number of fused-ring (bicyclic) bond motifs is 1. The third kappa shape index (κ3) is 4.60. The van der Waals surface area contributed by atoms with Gasteiger partial charge in [0.05, 0.1) is 24.6 Å². The number of carbonyl (C=O) groups is 2. The molecule has 0 aliphatic rings. The molecule has 5 rings (SSSR count). The zero-order valence-electron chi connectivity index (χ0n) is 19.1. The number of para-hydroxylation sites is 1. The van der Waals surface area contributed by atoms with E-state index in [-0.39, 0.29) is 5.76 Å². The number of amides is 2. The van der Waals surface area contributed by atoms with Crippen LogP contribution in [0.3, 0.4) is 0 Å². The minimum Gasteiger partial charge on any atom is -0.495 e. The summed E-state index contributed by atoms with van der Waals surface area (Å²) in [7, 11) is 1.48. The first-order valence-corrected chi connectivity index (χ1v) is 11.0. The third-order valence-corrected chi connectivity index (χ3v) is 5.53. The van der Waals surface area contributed by atoms with Crippen molar-refractivity contribution >= 4 is 34.2 Å². The van der Waals surface area contributed by atoms with Crippen LogP contribution in [0.4, 0.5) is 11.4 Å². The highest BCUT2D eigenvalue weighted by molar-refractivity contribution is 6.07. The second-order valence-corrected chi connectivity index (χ2v) is 7.87. The number of benzene rings is 3. The van der Waals surface area contributed by atoms with Crippen molar-refractivity contribution in [2.24, 2.45) is 0 Å². The summed E-state index contributed by atoms with van der Waals surface area (Å²) in [5.74, 6) is -0.281. The maximum Gasteiger partial charge on any atom is 0.344 e. The molecule has 0 fully saturated rings. The van der Waals surface area contributed by atoms with E-state index < -0.39 is 17.4 Å². The molecule has 36 heavy (non-hydrogen) atoms. The van der Waals surface area contributed by atoms with E-state index in [0.29, 0.717) is 39.4 Å². The predicted octanol–water partition coefficient (Wildman–Crippen LogP) is 5.57. The van der Waals surface area contributed by atoms with Crippen molar-refractivity contribution in [3.05, 3.63) is 113 Å². The quantitative estimate of drug-likeness (QED) is 0.308. The molecule has 8 nitrogen and oxygen atoms in total. The van der Waals surface area contributed by atoms with Crippen LogP contribution >= 0.6 is 0 Å². The van der Waals surface area contributed by atoms with Gasteiger partial charge in [-0.3, -0.25) is 9.59 Å². The molecule has 0 aliphatic heterocycles. The lowest BCUT2D eigenvalue weighted by molar-refractivity contribution is 0.0995. The first kappa shape index (κ1) is 22.7. The Kier molecular flexibility index (Phi) is 6.07. The Hall–Kier alpha value is -5.11. The third-order valence-electron chi connectivity index (χ3n) is 5.53. The first-order valence-electron chi connectivity index (χ1n) is 11.0. The summed E-state index contributed by atoms with van der Waals surface area (Å²) in [6, 6.07) is 23.7. The van der Waals surface area contributed by atoms with Crippen LogP contribution in [-0.4, -0.2) is 18.9 Å². The summed E-state index contributed by atoms with van der Waals surface area (Å²) in [5.41, 5.74) is 2.02. The summed E-state index contributed by atoms with van der Waals surface area (Å²) in [5, 5.41) is 6.30. The second kappa shape index (κ2) is 9.63. The Balaban J connectivity index is 1.41. The van der Waals surface area contributed by atoms with Gasteiger partial charge in [0.2, 0.25) is 0 Å². The van der Waals surface area contributed by atoms with Crippen molar-refractivity contribution in [3.8, 4) is 16.9 Å². The topological polar surface area (TPSA) is 111 Å². The van der Waals surface area contributed by atoms with Gasteiger partial charge in [0.1, 0.15) is 11.3 Å². The maximum absolute atomic E-state index is 13.1. The highest BCUT2D eigenvalue weighted by Crippen LogP contribution is 2.29. The standard InChI is InChI=1S/C28H20N2O6/c1-34-24-12-11-20(29-27(32)25-10-5-13-35-25)16-22(24)30-26(31)19-8-4-7-17(14-19)21-15-18-6-2-3-9-23(18)36-28(21)33/h2-16H,1H3,(H,29,32)(H,30,31). The van der Waals surface area contributed by atoms with E-state index in [4.69, 9.17) is 13.6 Å². The van der Waals surface area contributed by atoms with Crippen LogP contribution in [0.5, 0.6) is 5.75 Å². The smallest absolute Gasteiger partial charge is 0.344 e. The molecule has 0 unspecified atom stereocenters. The average Bonchev–Trinajstić information content (AvgIpc) is 3.44. The van der Waals surface area contributed by atoms with E-state index >= 15 is 0 Å². The molecule has 0 aliphatic carbocycles. The Morgan fingerprint density at radius 1 is 0.833 bits per heavy atom. The van der Waals surface area contributed by atoms with Crippen molar-refractivity contribution in [2.45, 2.75) is 0 Å². The fourth-order valence-electron chi connectivity index (χ4n) is 3.77. The molecule has 0 radical (unpaired) electrons. The number of furan rings is 1. The highest BCUT2D eigenvalue weighted by atomic mass is 16.5. The molecule has 2 amide bonds. The molecule has 2 heterocycles. The van der Waals surface area contributed by atoms with Crippen LogP contribution in [0.2, 0.25) is 0 Å². The van der Waals surface area contributed by atoms with Crippen molar-refractivity contribution < 1.29 is 23.2 Å². The first-order chi connectivity index (χ1) is 17.5. The molecule has 0 bridgehead atoms. The van der Waals surface area contributed by atoms with Crippen LogP contribution in [0.15, 0.2) is 105 Å². The van der Waals surface area contributed by atoms with Gasteiger partial charge in [-0.2, -0.15) is 0 Å². The molecule has 0 spiro atoms. The summed E-state index contributed by atoms with van der Waals surface area (Å²) in [4.78, 5) is 38.0. The minimum atomic E-state index is -0.493. The summed E-state index contributed by atoms with van der Waals surface area (Å²) < 4.78 is 15.9. The van der Waals surface area contributed by atoms with E-state index in [1.54, 1.807) is 72.8 Å². The number of methoxy groups -OCH3 is 1. The van der Waals surface area contributed by atoms with Crippen LogP contribution in [0, 0.1) is 0 Å². The maximum atomic E-state index is 13.1. The number of ether oxygens (including phenoxy) is 1. The molecule has 2 aromatic heterocycles. The van der Waals surface area contributed by atoms with Gasteiger partial charge < -0.3 is 24.2 Å². The van der Waals surface area contributed by atoms with Gasteiger partial charge >= 0.3 is 5.63 Å². The van der Waals surface area contributed by atoms with Gasteiger partial charge in [0.25, 0.3) is 11.8 Å². The number of anilines is 2. The number of hydrogen-bond acceptors (Lipinski definition) is 6. The molecule has 5 aromatic rings. The summed E-state index contributed by atoms with van der Waals surface area (Å²) in [6.07, 6.45) is 1.41. The highest BCUT2D eigenvalue weighted by Gasteiger charge is 2.15. The molecular weight excluding hydrogens is 460 g/mol. The molecule has 0 saturated carbocycles. The SMILES string of the molecule is COc1ccc(NC(=O)c2ccco2)cc1NC(=O)c1cccc(-c2cc3ccccc3oc2=O)c1. The van der Waals surface area contributed by atoms with E-state index in [1.807, 2.05) is 12.1 Å². The van der Waals surface area contributed by atoms with Gasteiger partial charge in [-0.25, -0.2) is 4.79 Å². The lowest BCUT2D eigenvalue weighted by Gasteiger charge is -2.13. The Labute approximate surface area is 205 Å². The Morgan fingerprint density at radius 3 is 2.50 bits per heavy atom. The van der Waals surface area contributed by atoms with E-state index in [0.717, 1.165) is 5.39 Å². The van der Waals surface area contributed by atoms with Crippen LogP contribution < -0.4 is 21.0 Å². The van der Waals surface area contributed by atoms with E-state index in [9.17, 15) is 14.4 Å². The summed E-state index contributed by atoms with van der Waals surface area (Å²) in [6.45, 7) is 0. The predicted molar refractivity (Wildman–Crippen MR) is 136 cm³/mol. The number of rotatable bonds is 6. The van der Waals surface area contributed by atoms with Crippen molar-refractivity contribution in [3.63, 3.8) is 0 Å². The van der Waals surface area contributed by atoms with Crippen molar-refractivity contribution in [1.82, 2.24) is 0 Å². The Morgan fingerprint density at radius 2 is 1.69 bits per heavy atom. The lowest BCUT2D eigenvalue weighted by Crippen LogP contribution is -2.14. The van der Waals surface area contributed by atoms with Crippen molar-refractivity contribution in [2.75, 3.05) is 17.7 Å². The zero-order chi connectivity index (χ0) is 25.1. The number of hydrogen-bond donors (Lipinski definition) is 2. The lowest BCUT2D eigenvalue weighted by atomic mass is 10.0. The minimum absolute atomic E-state index is 0.159. The molecule has 8 heteroatoms. The number of nitrogens with one attached hydrogen (secondary N) is 2. The van der Waals surface area contributed by atoms with Crippen LogP contribution in [0.1, 0.15) is 20.9 Å². The fraction of sp³-hybridized carbons (Fsp3) is 0.0357. The summed E-state index contributed by atoms with van der Waals surface area (Å²) >= 11 is 0. The van der Waals surface area contributed by atoms with Gasteiger partial charge in [0, 0.05) is 16.6 Å². The normalized spacial score (nSPS) is 10.7. The Bertz CT molecular complexity index is 1640.